The largest absolute Gasteiger partial charge is 0.489 e. The molecule has 0 bridgehead atoms. The number of carbonyl (C=O) groups is 1. The van der Waals surface area contributed by atoms with Crippen LogP contribution in [0, 0.1) is 13.8 Å². The number of rotatable bonds is 10. The maximum atomic E-state index is 12.4. The number of carbonyl (C=O) groups excluding carboxylic acids is 1. The van der Waals surface area contributed by atoms with Crippen molar-refractivity contribution in [3.8, 4) is 5.75 Å². The molecular formula is C25H28N2O4S. The molecule has 0 saturated carbocycles. The van der Waals surface area contributed by atoms with Gasteiger partial charge in [-0.05, 0) is 60.4 Å². The van der Waals surface area contributed by atoms with E-state index in [1.165, 1.54) is 0 Å². The normalized spacial score (nSPS) is 11.2. The lowest BCUT2D eigenvalue weighted by atomic mass is 10.1. The zero-order chi connectivity index (χ0) is 23.0. The highest BCUT2D eigenvalue weighted by Crippen LogP contribution is 2.16. The van der Waals surface area contributed by atoms with Crippen LogP contribution < -0.4 is 14.8 Å². The van der Waals surface area contributed by atoms with Crippen molar-refractivity contribution in [1.29, 1.82) is 0 Å². The first-order chi connectivity index (χ1) is 15.3. The Morgan fingerprint density at radius 1 is 0.875 bits per heavy atom. The van der Waals surface area contributed by atoms with Gasteiger partial charge in [0.1, 0.15) is 12.4 Å². The van der Waals surface area contributed by atoms with Gasteiger partial charge in [0.25, 0.3) is 0 Å². The lowest BCUT2D eigenvalue weighted by Gasteiger charge is -2.10. The summed E-state index contributed by atoms with van der Waals surface area (Å²) in [5.74, 6) is 0.491. The van der Waals surface area contributed by atoms with E-state index in [-0.39, 0.29) is 23.8 Å². The summed E-state index contributed by atoms with van der Waals surface area (Å²) < 4.78 is 33.1. The maximum Gasteiger partial charge on any atom is 0.240 e. The molecule has 0 saturated heterocycles. The molecule has 2 N–H and O–H groups in total. The molecule has 0 atom stereocenters. The SMILES string of the molecule is Cc1ccc(S(=O)(=O)NCCC(=O)NCc2cccc(OCc3ccccc3)c2)cc1C. The summed E-state index contributed by atoms with van der Waals surface area (Å²) in [6.07, 6.45) is 0.0499. The fourth-order valence-electron chi connectivity index (χ4n) is 3.04. The summed E-state index contributed by atoms with van der Waals surface area (Å²) in [7, 11) is -3.64. The summed E-state index contributed by atoms with van der Waals surface area (Å²) >= 11 is 0. The second kappa shape index (κ2) is 10.9. The van der Waals surface area contributed by atoms with Crippen LogP contribution in [0.2, 0.25) is 0 Å². The van der Waals surface area contributed by atoms with Gasteiger partial charge in [0.05, 0.1) is 4.90 Å². The highest BCUT2D eigenvalue weighted by molar-refractivity contribution is 7.89. The summed E-state index contributed by atoms with van der Waals surface area (Å²) in [5, 5.41) is 2.81. The molecule has 0 fully saturated rings. The average Bonchev–Trinajstić information content (AvgIpc) is 2.79. The van der Waals surface area contributed by atoms with Crippen LogP contribution >= 0.6 is 0 Å². The Kier molecular flexibility index (Phi) is 8.03. The molecule has 0 heterocycles. The predicted molar refractivity (Wildman–Crippen MR) is 125 cm³/mol. The van der Waals surface area contributed by atoms with Crippen LogP contribution in [0.5, 0.6) is 5.75 Å². The number of nitrogens with one attached hydrogen (secondary N) is 2. The summed E-state index contributed by atoms with van der Waals surface area (Å²) in [6.45, 7) is 4.63. The first-order valence-corrected chi connectivity index (χ1v) is 11.9. The first-order valence-electron chi connectivity index (χ1n) is 10.4. The third-order valence-electron chi connectivity index (χ3n) is 5.07. The molecule has 0 spiro atoms. The Balaban J connectivity index is 1.44. The van der Waals surface area contributed by atoms with Crippen molar-refractivity contribution in [3.63, 3.8) is 0 Å². The minimum Gasteiger partial charge on any atom is -0.489 e. The molecular weight excluding hydrogens is 424 g/mol. The van der Waals surface area contributed by atoms with Gasteiger partial charge < -0.3 is 10.1 Å². The molecule has 168 valence electrons. The van der Waals surface area contributed by atoms with Crippen LogP contribution in [0.1, 0.15) is 28.7 Å². The highest BCUT2D eigenvalue weighted by atomic mass is 32.2. The van der Waals surface area contributed by atoms with Crippen molar-refractivity contribution in [2.45, 2.75) is 38.3 Å². The molecule has 0 aromatic heterocycles. The van der Waals surface area contributed by atoms with Gasteiger partial charge >= 0.3 is 0 Å². The molecule has 7 heteroatoms. The molecule has 3 aromatic rings. The van der Waals surface area contributed by atoms with E-state index in [9.17, 15) is 13.2 Å². The molecule has 3 rings (SSSR count). The van der Waals surface area contributed by atoms with Crippen molar-refractivity contribution in [1.82, 2.24) is 10.0 Å². The lowest BCUT2D eigenvalue weighted by Crippen LogP contribution is -2.30. The van der Waals surface area contributed by atoms with Gasteiger partial charge in [-0.1, -0.05) is 48.5 Å². The molecule has 3 aromatic carbocycles. The van der Waals surface area contributed by atoms with Crippen LogP contribution in [0.25, 0.3) is 0 Å². The van der Waals surface area contributed by atoms with Crippen LogP contribution in [0.4, 0.5) is 0 Å². The second-order valence-electron chi connectivity index (χ2n) is 7.59. The summed E-state index contributed by atoms with van der Waals surface area (Å²) in [5.41, 5.74) is 3.91. The predicted octanol–water partition coefficient (Wildman–Crippen LogP) is 3.87. The molecule has 0 radical (unpaired) electrons. The summed E-state index contributed by atoms with van der Waals surface area (Å²) in [4.78, 5) is 12.4. The van der Waals surface area contributed by atoms with Gasteiger partial charge in [0.15, 0.2) is 0 Å². The number of amides is 1. The van der Waals surface area contributed by atoms with E-state index in [1.807, 2.05) is 68.4 Å². The van der Waals surface area contributed by atoms with Crippen molar-refractivity contribution in [3.05, 3.63) is 95.1 Å². The van der Waals surface area contributed by atoms with E-state index < -0.39 is 10.0 Å². The minimum atomic E-state index is -3.64. The Hall–Kier alpha value is -3.16. The monoisotopic (exact) mass is 452 g/mol. The molecule has 0 aliphatic rings. The van der Waals surface area contributed by atoms with E-state index in [2.05, 4.69) is 10.0 Å². The van der Waals surface area contributed by atoms with Crippen molar-refractivity contribution < 1.29 is 17.9 Å². The van der Waals surface area contributed by atoms with Crippen LogP contribution in [0.15, 0.2) is 77.7 Å². The lowest BCUT2D eigenvalue weighted by molar-refractivity contribution is -0.121. The number of hydrogen-bond acceptors (Lipinski definition) is 4. The van der Waals surface area contributed by atoms with E-state index in [1.54, 1.807) is 18.2 Å². The van der Waals surface area contributed by atoms with E-state index in [0.29, 0.717) is 13.2 Å². The van der Waals surface area contributed by atoms with E-state index in [4.69, 9.17) is 4.74 Å². The zero-order valence-electron chi connectivity index (χ0n) is 18.3. The van der Waals surface area contributed by atoms with Gasteiger partial charge in [-0.3, -0.25) is 4.79 Å². The van der Waals surface area contributed by atoms with Gasteiger partial charge in [-0.2, -0.15) is 0 Å². The fourth-order valence-corrected chi connectivity index (χ4v) is 4.16. The molecule has 0 unspecified atom stereocenters. The van der Waals surface area contributed by atoms with E-state index in [0.717, 1.165) is 28.0 Å². The Morgan fingerprint density at radius 2 is 1.62 bits per heavy atom. The van der Waals surface area contributed by atoms with Crippen molar-refractivity contribution >= 4 is 15.9 Å². The zero-order valence-corrected chi connectivity index (χ0v) is 19.1. The maximum absolute atomic E-state index is 12.4. The smallest absolute Gasteiger partial charge is 0.240 e. The second-order valence-corrected chi connectivity index (χ2v) is 9.36. The third-order valence-corrected chi connectivity index (χ3v) is 6.53. The van der Waals surface area contributed by atoms with Crippen molar-refractivity contribution in [2.24, 2.45) is 0 Å². The number of hydrogen-bond donors (Lipinski definition) is 2. The first kappa shape index (κ1) is 23.5. The Bertz CT molecular complexity index is 1160. The third kappa shape index (κ3) is 6.93. The number of benzene rings is 3. The number of sulfonamides is 1. The molecule has 32 heavy (non-hydrogen) atoms. The van der Waals surface area contributed by atoms with Crippen LogP contribution in [-0.2, 0) is 28.0 Å². The van der Waals surface area contributed by atoms with Crippen LogP contribution in [0.3, 0.4) is 0 Å². The van der Waals surface area contributed by atoms with E-state index >= 15 is 0 Å². The van der Waals surface area contributed by atoms with Gasteiger partial charge in [-0.15, -0.1) is 0 Å². The van der Waals surface area contributed by atoms with Gasteiger partial charge in [-0.25, -0.2) is 13.1 Å². The number of aryl methyl sites for hydroxylation is 2. The highest BCUT2D eigenvalue weighted by Gasteiger charge is 2.15. The molecule has 0 aliphatic carbocycles. The molecule has 6 nitrogen and oxygen atoms in total. The summed E-state index contributed by atoms with van der Waals surface area (Å²) in [6, 6.07) is 22.4. The minimum absolute atomic E-state index is 0.0291. The molecule has 1 amide bonds. The fraction of sp³-hybridized carbons (Fsp3) is 0.240. The number of ether oxygens (including phenoxy) is 1. The molecule has 0 aliphatic heterocycles. The van der Waals surface area contributed by atoms with Gasteiger partial charge in [0, 0.05) is 19.5 Å². The standard InChI is InChI=1S/C25H28N2O4S/c1-19-11-12-24(15-20(19)2)32(29,30)27-14-13-25(28)26-17-22-9-6-10-23(16-22)31-18-21-7-4-3-5-8-21/h3-12,15-16,27H,13-14,17-18H2,1-2H3,(H,26,28). The van der Waals surface area contributed by atoms with Gasteiger partial charge in [0.2, 0.25) is 15.9 Å². The van der Waals surface area contributed by atoms with Crippen LogP contribution in [-0.4, -0.2) is 20.9 Å². The quantitative estimate of drug-likeness (QED) is 0.489. The van der Waals surface area contributed by atoms with Crippen molar-refractivity contribution in [2.75, 3.05) is 6.54 Å². The Labute approximate surface area is 189 Å². The Morgan fingerprint density at radius 3 is 2.38 bits per heavy atom. The average molecular weight is 453 g/mol. The topological polar surface area (TPSA) is 84.5 Å².